The van der Waals surface area contributed by atoms with E-state index in [1.54, 1.807) is 0 Å². The van der Waals surface area contributed by atoms with Crippen LogP contribution in [0, 0.1) is 5.41 Å². The standard InChI is InChI=1S/C17H30ClN3/c1-5-10-17(4,12-19-13-8-9-13)11-15-16(18)14(6-2)20-21(15)7-3/h13,19H,5-12H2,1-4H3. The van der Waals surface area contributed by atoms with Crippen molar-refractivity contribution in [2.24, 2.45) is 5.41 Å². The van der Waals surface area contributed by atoms with Gasteiger partial charge in [-0.25, -0.2) is 0 Å². The number of nitrogens with one attached hydrogen (secondary N) is 1. The second-order valence-corrected chi connectivity index (χ2v) is 7.15. The molecule has 0 radical (unpaired) electrons. The molecule has 1 N–H and O–H groups in total. The Labute approximate surface area is 134 Å². The predicted molar refractivity (Wildman–Crippen MR) is 90.0 cm³/mol. The van der Waals surface area contributed by atoms with Crippen LogP contribution in [0.1, 0.15) is 64.8 Å². The first-order chi connectivity index (χ1) is 10.0. The zero-order valence-electron chi connectivity index (χ0n) is 14.0. The van der Waals surface area contributed by atoms with Crippen molar-refractivity contribution in [3.8, 4) is 0 Å². The largest absolute Gasteiger partial charge is 0.313 e. The first-order valence-corrected chi connectivity index (χ1v) is 8.88. The van der Waals surface area contributed by atoms with E-state index in [0.717, 1.165) is 42.7 Å². The quantitative estimate of drug-likeness (QED) is 0.740. The van der Waals surface area contributed by atoms with Crippen molar-refractivity contribution < 1.29 is 0 Å². The lowest BCUT2D eigenvalue weighted by atomic mass is 9.80. The van der Waals surface area contributed by atoms with Gasteiger partial charge < -0.3 is 5.32 Å². The number of halogens is 1. The third-order valence-corrected chi connectivity index (χ3v) is 4.97. The number of hydrogen-bond donors (Lipinski definition) is 1. The molecule has 1 saturated carbocycles. The Hall–Kier alpha value is -0.540. The van der Waals surface area contributed by atoms with Crippen molar-refractivity contribution in [1.29, 1.82) is 0 Å². The predicted octanol–water partition coefficient (Wildman–Crippen LogP) is 4.22. The fraction of sp³-hybridized carbons (Fsp3) is 0.824. The van der Waals surface area contributed by atoms with E-state index in [-0.39, 0.29) is 5.41 Å². The maximum absolute atomic E-state index is 6.59. The molecule has 1 fully saturated rings. The SMILES string of the molecule is CCCC(C)(CNC1CC1)Cc1c(Cl)c(CC)nn1CC. The maximum Gasteiger partial charge on any atom is 0.0850 e. The van der Waals surface area contributed by atoms with Crippen LogP contribution in [0.4, 0.5) is 0 Å². The van der Waals surface area contributed by atoms with E-state index in [1.165, 1.54) is 31.4 Å². The van der Waals surface area contributed by atoms with Crippen molar-refractivity contribution in [3.63, 3.8) is 0 Å². The Kier molecular flexibility index (Phi) is 5.73. The minimum absolute atomic E-state index is 0.263. The molecule has 21 heavy (non-hydrogen) atoms. The lowest BCUT2D eigenvalue weighted by molar-refractivity contribution is 0.267. The average molecular weight is 312 g/mol. The van der Waals surface area contributed by atoms with Gasteiger partial charge >= 0.3 is 0 Å². The van der Waals surface area contributed by atoms with E-state index in [0.29, 0.717) is 0 Å². The molecule has 3 nitrogen and oxygen atoms in total. The van der Waals surface area contributed by atoms with Crippen LogP contribution >= 0.6 is 11.6 Å². The summed E-state index contributed by atoms with van der Waals surface area (Å²) in [6.45, 7) is 10.9. The summed E-state index contributed by atoms with van der Waals surface area (Å²) in [6, 6.07) is 0.763. The van der Waals surface area contributed by atoms with Crippen LogP contribution in [0.3, 0.4) is 0 Å². The van der Waals surface area contributed by atoms with Crippen molar-refractivity contribution in [2.75, 3.05) is 6.54 Å². The van der Waals surface area contributed by atoms with E-state index >= 15 is 0 Å². The third-order valence-electron chi connectivity index (χ3n) is 4.54. The van der Waals surface area contributed by atoms with E-state index in [2.05, 4.69) is 42.8 Å². The fourth-order valence-electron chi connectivity index (χ4n) is 3.11. The zero-order chi connectivity index (χ0) is 15.5. The Morgan fingerprint density at radius 2 is 2.05 bits per heavy atom. The molecule has 0 saturated heterocycles. The van der Waals surface area contributed by atoms with Crippen LogP contribution < -0.4 is 5.32 Å². The molecule has 1 aliphatic carbocycles. The van der Waals surface area contributed by atoms with Gasteiger partial charge in [0.15, 0.2) is 0 Å². The number of nitrogens with zero attached hydrogens (tertiary/aromatic N) is 2. The molecule has 0 aromatic carbocycles. The van der Waals surface area contributed by atoms with Crippen LogP contribution in [0.2, 0.25) is 5.02 Å². The van der Waals surface area contributed by atoms with Crippen molar-refractivity contribution >= 4 is 11.6 Å². The normalized spacial score (nSPS) is 18.0. The maximum atomic E-state index is 6.59. The Morgan fingerprint density at radius 3 is 2.57 bits per heavy atom. The van der Waals surface area contributed by atoms with Gasteiger partial charge in [-0.1, -0.05) is 38.8 Å². The molecule has 0 aliphatic heterocycles. The Balaban J connectivity index is 2.16. The van der Waals surface area contributed by atoms with Crippen LogP contribution in [0.5, 0.6) is 0 Å². The first-order valence-electron chi connectivity index (χ1n) is 8.50. The average Bonchev–Trinajstić information content (AvgIpc) is 3.24. The number of aryl methyl sites for hydroxylation is 2. The minimum atomic E-state index is 0.263. The molecule has 0 bridgehead atoms. The highest BCUT2D eigenvalue weighted by atomic mass is 35.5. The summed E-state index contributed by atoms with van der Waals surface area (Å²) < 4.78 is 2.10. The molecular formula is C17H30ClN3. The van der Waals surface area contributed by atoms with Crippen LogP contribution in [0.15, 0.2) is 0 Å². The second-order valence-electron chi connectivity index (χ2n) is 6.77. The van der Waals surface area contributed by atoms with Gasteiger partial charge in [-0.15, -0.1) is 0 Å². The number of hydrogen-bond acceptors (Lipinski definition) is 2. The summed E-state index contributed by atoms with van der Waals surface area (Å²) >= 11 is 6.59. The van der Waals surface area contributed by atoms with Gasteiger partial charge in [-0.2, -0.15) is 5.10 Å². The Morgan fingerprint density at radius 1 is 1.33 bits per heavy atom. The molecule has 1 aromatic rings. The van der Waals surface area contributed by atoms with E-state index in [4.69, 9.17) is 11.6 Å². The molecule has 1 aliphatic rings. The highest BCUT2D eigenvalue weighted by molar-refractivity contribution is 6.31. The fourth-order valence-corrected chi connectivity index (χ4v) is 3.45. The van der Waals surface area contributed by atoms with Gasteiger partial charge in [0.05, 0.1) is 16.4 Å². The van der Waals surface area contributed by atoms with Gasteiger partial charge in [0.1, 0.15) is 0 Å². The summed E-state index contributed by atoms with van der Waals surface area (Å²) in [5.41, 5.74) is 2.53. The smallest absolute Gasteiger partial charge is 0.0850 e. The molecule has 120 valence electrons. The van der Waals surface area contributed by atoms with Crippen molar-refractivity contribution in [2.45, 2.75) is 78.8 Å². The topological polar surface area (TPSA) is 29.9 Å². The summed E-state index contributed by atoms with van der Waals surface area (Å²) in [6.07, 6.45) is 7.04. The van der Waals surface area contributed by atoms with Crippen LogP contribution in [-0.2, 0) is 19.4 Å². The molecule has 1 atom stereocenters. The highest BCUT2D eigenvalue weighted by Gasteiger charge is 2.30. The van der Waals surface area contributed by atoms with Crippen LogP contribution in [0.25, 0.3) is 0 Å². The van der Waals surface area contributed by atoms with Gasteiger partial charge in [0.2, 0.25) is 0 Å². The molecule has 1 heterocycles. The minimum Gasteiger partial charge on any atom is -0.313 e. The van der Waals surface area contributed by atoms with Gasteiger partial charge in [-0.05, 0) is 44.4 Å². The summed E-state index contributed by atoms with van der Waals surface area (Å²) in [4.78, 5) is 0. The molecule has 0 spiro atoms. The Bertz CT molecular complexity index is 465. The van der Waals surface area contributed by atoms with Gasteiger partial charge in [0, 0.05) is 19.1 Å². The number of rotatable bonds is 9. The summed E-state index contributed by atoms with van der Waals surface area (Å²) in [7, 11) is 0. The van der Waals surface area contributed by atoms with Crippen molar-refractivity contribution in [3.05, 3.63) is 16.4 Å². The molecule has 2 rings (SSSR count). The number of aromatic nitrogens is 2. The van der Waals surface area contributed by atoms with Crippen LogP contribution in [-0.4, -0.2) is 22.4 Å². The zero-order valence-corrected chi connectivity index (χ0v) is 14.8. The highest BCUT2D eigenvalue weighted by Crippen LogP contribution is 2.33. The monoisotopic (exact) mass is 311 g/mol. The summed E-state index contributed by atoms with van der Waals surface area (Å²) in [5, 5.41) is 9.27. The van der Waals surface area contributed by atoms with E-state index in [9.17, 15) is 0 Å². The first kappa shape index (κ1) is 16.8. The van der Waals surface area contributed by atoms with E-state index in [1.807, 2.05) is 0 Å². The summed E-state index contributed by atoms with van der Waals surface area (Å²) in [5.74, 6) is 0. The van der Waals surface area contributed by atoms with Gasteiger partial charge in [-0.3, -0.25) is 4.68 Å². The third kappa shape index (κ3) is 4.23. The lowest BCUT2D eigenvalue weighted by Crippen LogP contribution is -2.35. The lowest BCUT2D eigenvalue weighted by Gasteiger charge is -2.30. The molecular weight excluding hydrogens is 282 g/mol. The molecule has 1 aromatic heterocycles. The second kappa shape index (κ2) is 7.15. The molecule has 1 unspecified atom stereocenters. The van der Waals surface area contributed by atoms with Gasteiger partial charge in [0.25, 0.3) is 0 Å². The molecule has 0 amide bonds. The van der Waals surface area contributed by atoms with E-state index < -0.39 is 0 Å². The molecule has 4 heteroatoms. The van der Waals surface area contributed by atoms with Crippen molar-refractivity contribution in [1.82, 2.24) is 15.1 Å².